The minimum Gasteiger partial charge on any atom is -0.479 e. The van der Waals surface area contributed by atoms with E-state index in [1.807, 2.05) is 6.07 Å². The van der Waals surface area contributed by atoms with Crippen LogP contribution in [0.4, 0.5) is 4.39 Å². The molecule has 1 aromatic carbocycles. The second-order valence-electron chi connectivity index (χ2n) is 6.57. The van der Waals surface area contributed by atoms with Crippen molar-refractivity contribution in [3.05, 3.63) is 41.8 Å². The lowest BCUT2D eigenvalue weighted by atomic mass is 9.95. The molecule has 1 aliphatic carbocycles. The average Bonchev–Trinajstić information content (AvgIpc) is 3.07. The second-order valence-corrected chi connectivity index (χ2v) is 6.57. The van der Waals surface area contributed by atoms with Crippen molar-refractivity contribution >= 4 is 11.0 Å². The van der Waals surface area contributed by atoms with Crippen LogP contribution in [0, 0.1) is 17.1 Å². The van der Waals surface area contributed by atoms with Gasteiger partial charge in [-0.15, -0.1) is 0 Å². The number of hydrogen-bond acceptors (Lipinski definition) is 4. The van der Waals surface area contributed by atoms with Crippen molar-refractivity contribution < 1.29 is 9.13 Å². The van der Waals surface area contributed by atoms with Gasteiger partial charge in [-0.1, -0.05) is 31.4 Å². The van der Waals surface area contributed by atoms with Gasteiger partial charge in [0, 0.05) is 12.1 Å². The van der Waals surface area contributed by atoms with E-state index in [2.05, 4.69) is 14.5 Å². The molecule has 0 atom stereocenters. The van der Waals surface area contributed by atoms with Crippen LogP contribution in [0.2, 0.25) is 0 Å². The third-order valence-electron chi connectivity index (χ3n) is 5.00. The van der Waals surface area contributed by atoms with E-state index in [0.717, 1.165) is 31.2 Å². The molecule has 0 N–H and O–H groups in total. The van der Waals surface area contributed by atoms with Crippen molar-refractivity contribution in [2.75, 3.05) is 7.11 Å². The SMILES string of the molecule is COc1nc(C#N)cc2nc(-c3ccccc3F)n(C3CCCCC3)c12. The number of imidazole rings is 1. The highest BCUT2D eigenvalue weighted by Gasteiger charge is 2.26. The van der Waals surface area contributed by atoms with E-state index in [4.69, 9.17) is 4.74 Å². The molecule has 1 aliphatic rings. The van der Waals surface area contributed by atoms with E-state index >= 15 is 0 Å². The van der Waals surface area contributed by atoms with Gasteiger partial charge in [0.1, 0.15) is 28.9 Å². The fourth-order valence-corrected chi connectivity index (χ4v) is 3.81. The van der Waals surface area contributed by atoms with E-state index in [9.17, 15) is 9.65 Å². The Morgan fingerprint density at radius 3 is 2.65 bits per heavy atom. The third-order valence-corrected chi connectivity index (χ3v) is 5.00. The predicted octanol–water partition coefficient (Wildman–Crippen LogP) is 4.62. The van der Waals surface area contributed by atoms with Gasteiger partial charge in [-0.3, -0.25) is 0 Å². The maximum atomic E-state index is 14.5. The molecule has 0 amide bonds. The van der Waals surface area contributed by atoms with Gasteiger partial charge in [0.05, 0.1) is 18.2 Å². The Kier molecular flexibility index (Phi) is 4.29. The van der Waals surface area contributed by atoms with Crippen LogP contribution in [-0.4, -0.2) is 21.6 Å². The zero-order valence-corrected chi connectivity index (χ0v) is 14.6. The first-order valence-electron chi connectivity index (χ1n) is 8.85. The van der Waals surface area contributed by atoms with Crippen LogP contribution in [0.25, 0.3) is 22.4 Å². The molecule has 4 rings (SSSR count). The molecule has 0 bridgehead atoms. The molecule has 1 fully saturated rings. The van der Waals surface area contributed by atoms with E-state index in [1.165, 1.54) is 19.6 Å². The summed E-state index contributed by atoms with van der Waals surface area (Å²) >= 11 is 0. The topological polar surface area (TPSA) is 63.7 Å². The Hall–Kier alpha value is -2.94. The smallest absolute Gasteiger partial charge is 0.241 e. The Bertz CT molecular complexity index is 999. The Labute approximate surface area is 151 Å². The molecule has 26 heavy (non-hydrogen) atoms. The van der Waals surface area contributed by atoms with E-state index in [-0.39, 0.29) is 17.6 Å². The fourth-order valence-electron chi connectivity index (χ4n) is 3.81. The van der Waals surface area contributed by atoms with Gasteiger partial charge in [0.2, 0.25) is 5.88 Å². The van der Waals surface area contributed by atoms with Crippen LogP contribution in [0.1, 0.15) is 43.8 Å². The zero-order chi connectivity index (χ0) is 18.1. The summed E-state index contributed by atoms with van der Waals surface area (Å²) in [7, 11) is 1.53. The first-order chi connectivity index (χ1) is 12.7. The van der Waals surface area contributed by atoms with Crippen molar-refractivity contribution in [2.24, 2.45) is 0 Å². The maximum Gasteiger partial charge on any atom is 0.241 e. The van der Waals surface area contributed by atoms with Crippen molar-refractivity contribution in [1.82, 2.24) is 14.5 Å². The first kappa shape index (κ1) is 16.5. The molecule has 1 saturated carbocycles. The molecule has 0 aliphatic heterocycles. The Morgan fingerprint density at radius 2 is 1.96 bits per heavy atom. The van der Waals surface area contributed by atoms with Gasteiger partial charge in [0.25, 0.3) is 0 Å². The number of aromatic nitrogens is 3. The summed E-state index contributed by atoms with van der Waals surface area (Å²) in [5, 5.41) is 9.24. The van der Waals surface area contributed by atoms with Crippen LogP contribution in [0.5, 0.6) is 5.88 Å². The highest BCUT2D eigenvalue weighted by atomic mass is 19.1. The molecular weight excluding hydrogens is 331 g/mol. The summed E-state index contributed by atoms with van der Waals surface area (Å²) in [6.45, 7) is 0. The van der Waals surface area contributed by atoms with E-state index < -0.39 is 0 Å². The Balaban J connectivity index is 2.04. The van der Waals surface area contributed by atoms with Crippen molar-refractivity contribution in [2.45, 2.75) is 38.1 Å². The number of nitrogens with zero attached hydrogens (tertiary/aromatic N) is 4. The lowest BCUT2D eigenvalue weighted by Crippen LogP contribution is -2.15. The summed E-state index contributed by atoms with van der Waals surface area (Å²) in [5.41, 5.74) is 2.03. The Morgan fingerprint density at radius 1 is 1.19 bits per heavy atom. The minimum atomic E-state index is -0.313. The molecule has 3 aromatic rings. The number of benzene rings is 1. The van der Waals surface area contributed by atoms with Crippen LogP contribution >= 0.6 is 0 Å². The summed E-state index contributed by atoms with van der Waals surface area (Å²) in [4.78, 5) is 8.97. The number of rotatable bonds is 3. The number of nitriles is 1. The maximum absolute atomic E-state index is 14.5. The largest absolute Gasteiger partial charge is 0.479 e. The summed E-state index contributed by atoms with van der Waals surface area (Å²) in [5.74, 6) is 0.618. The van der Waals surface area contributed by atoms with Gasteiger partial charge >= 0.3 is 0 Å². The van der Waals surface area contributed by atoms with Gasteiger partial charge < -0.3 is 9.30 Å². The number of pyridine rings is 1. The number of halogens is 1. The number of hydrogen-bond donors (Lipinski definition) is 0. The van der Waals surface area contributed by atoms with Gasteiger partial charge in [-0.2, -0.15) is 5.26 Å². The molecular formula is C20H19FN4O. The van der Waals surface area contributed by atoms with Gasteiger partial charge in [-0.05, 0) is 25.0 Å². The van der Waals surface area contributed by atoms with Gasteiger partial charge in [-0.25, -0.2) is 14.4 Å². The monoisotopic (exact) mass is 350 g/mol. The lowest BCUT2D eigenvalue weighted by Gasteiger charge is -2.26. The molecule has 0 radical (unpaired) electrons. The summed E-state index contributed by atoms with van der Waals surface area (Å²) in [6, 6.07) is 10.5. The van der Waals surface area contributed by atoms with E-state index in [0.29, 0.717) is 22.8 Å². The number of fused-ring (bicyclic) bond motifs is 1. The number of methoxy groups -OCH3 is 1. The zero-order valence-electron chi connectivity index (χ0n) is 14.6. The van der Waals surface area contributed by atoms with Crippen LogP contribution in [0.15, 0.2) is 30.3 Å². The van der Waals surface area contributed by atoms with Crippen LogP contribution in [0.3, 0.4) is 0 Å². The van der Waals surface area contributed by atoms with Crippen molar-refractivity contribution in [3.8, 4) is 23.3 Å². The van der Waals surface area contributed by atoms with Crippen LogP contribution in [-0.2, 0) is 0 Å². The number of ether oxygens (including phenoxy) is 1. The van der Waals surface area contributed by atoms with Crippen LogP contribution < -0.4 is 4.74 Å². The average molecular weight is 350 g/mol. The fraction of sp³-hybridized carbons (Fsp3) is 0.350. The highest BCUT2D eigenvalue weighted by molar-refractivity contribution is 5.86. The highest BCUT2D eigenvalue weighted by Crippen LogP contribution is 2.39. The molecule has 0 spiro atoms. The minimum absolute atomic E-state index is 0.215. The lowest BCUT2D eigenvalue weighted by molar-refractivity contribution is 0.355. The molecule has 5 nitrogen and oxygen atoms in total. The summed E-state index contributed by atoms with van der Waals surface area (Å²) < 4.78 is 22.1. The third kappa shape index (κ3) is 2.70. The summed E-state index contributed by atoms with van der Waals surface area (Å²) in [6.07, 6.45) is 5.50. The predicted molar refractivity (Wildman–Crippen MR) is 96.3 cm³/mol. The quantitative estimate of drug-likeness (QED) is 0.691. The van der Waals surface area contributed by atoms with Gasteiger partial charge in [0.15, 0.2) is 0 Å². The second kappa shape index (κ2) is 6.75. The van der Waals surface area contributed by atoms with Crippen molar-refractivity contribution in [3.63, 3.8) is 0 Å². The molecule has 0 saturated heterocycles. The molecule has 6 heteroatoms. The van der Waals surface area contributed by atoms with Crippen molar-refractivity contribution in [1.29, 1.82) is 5.26 Å². The van der Waals surface area contributed by atoms with E-state index in [1.54, 1.807) is 24.3 Å². The molecule has 132 valence electrons. The standard InChI is InChI=1S/C20H19FN4O/c1-26-20-18-17(11-13(12-22)23-20)24-19(15-9-5-6-10-16(15)21)25(18)14-7-3-2-4-8-14/h5-6,9-11,14H,2-4,7-8H2,1H3. The first-order valence-corrected chi connectivity index (χ1v) is 8.85. The normalized spacial score (nSPS) is 15.1. The molecule has 2 aromatic heterocycles. The molecule has 0 unspecified atom stereocenters. The molecule has 2 heterocycles.